The summed E-state index contributed by atoms with van der Waals surface area (Å²) in [5.41, 5.74) is 1.83. The first-order valence-corrected chi connectivity index (χ1v) is 10.1. The Hall–Kier alpha value is -2.94. The van der Waals surface area contributed by atoms with E-state index >= 15 is 0 Å². The third-order valence-electron chi connectivity index (χ3n) is 4.17. The number of aromatic nitrogens is 1. The van der Waals surface area contributed by atoms with Gasteiger partial charge in [0.2, 0.25) is 0 Å². The lowest BCUT2D eigenvalue weighted by atomic mass is 10.2. The van der Waals surface area contributed by atoms with Crippen molar-refractivity contribution in [1.29, 1.82) is 0 Å². The van der Waals surface area contributed by atoms with Crippen LogP contribution in [0.4, 0.5) is 11.4 Å². The van der Waals surface area contributed by atoms with Gasteiger partial charge in [-0.3, -0.25) is 9.78 Å². The molecule has 27 heavy (non-hydrogen) atoms. The van der Waals surface area contributed by atoms with Crippen molar-refractivity contribution in [2.75, 3.05) is 29.2 Å². The number of nitrogens with one attached hydrogen (secondary N) is 2. The lowest BCUT2D eigenvalue weighted by molar-refractivity contribution is 0.0600. The fraction of sp³-hybridized carbons (Fsp3) is 0.278. The molecule has 8 nitrogen and oxygen atoms in total. The first-order chi connectivity index (χ1) is 12.9. The zero-order valence-corrected chi connectivity index (χ0v) is 15.5. The van der Waals surface area contributed by atoms with E-state index in [1.54, 1.807) is 36.5 Å². The summed E-state index contributed by atoms with van der Waals surface area (Å²) in [7, 11) is -1.69. The van der Waals surface area contributed by atoms with Gasteiger partial charge in [-0.25, -0.2) is 13.2 Å². The molecular formula is C18H19N3O5S. The summed E-state index contributed by atoms with van der Waals surface area (Å²) < 4.78 is 27.7. The van der Waals surface area contributed by atoms with Gasteiger partial charge in [0.25, 0.3) is 5.91 Å². The Morgan fingerprint density at radius 1 is 1.11 bits per heavy atom. The fourth-order valence-corrected chi connectivity index (χ4v) is 4.47. The molecular weight excluding hydrogens is 370 g/mol. The van der Waals surface area contributed by atoms with E-state index < -0.39 is 15.8 Å². The van der Waals surface area contributed by atoms with Crippen LogP contribution in [0.5, 0.6) is 0 Å². The van der Waals surface area contributed by atoms with Crippen LogP contribution in [0, 0.1) is 0 Å². The molecule has 9 heteroatoms. The molecule has 1 fully saturated rings. The minimum absolute atomic E-state index is 0.0793. The quantitative estimate of drug-likeness (QED) is 0.748. The first kappa shape index (κ1) is 18.8. The second kappa shape index (κ2) is 7.75. The van der Waals surface area contributed by atoms with E-state index in [2.05, 4.69) is 20.4 Å². The molecule has 3 rings (SSSR count). The van der Waals surface area contributed by atoms with Crippen LogP contribution in [0.2, 0.25) is 0 Å². The molecule has 1 unspecified atom stereocenters. The number of sulfone groups is 1. The topological polar surface area (TPSA) is 114 Å². The van der Waals surface area contributed by atoms with Crippen LogP contribution >= 0.6 is 0 Å². The summed E-state index contributed by atoms with van der Waals surface area (Å²) in [6, 6.07) is 7.75. The standard InChI is InChI=1S/C18H19N3O5S/c1-26-18(23)12-2-4-14(5-3-12)21-17(22)13-8-16(10-19-9-13)20-15-6-7-27(24,25)11-15/h2-5,8-10,15,20H,6-7,11H2,1H3,(H,21,22). The van der Waals surface area contributed by atoms with Crippen LogP contribution < -0.4 is 10.6 Å². The number of methoxy groups -OCH3 is 1. The average molecular weight is 389 g/mol. The number of esters is 1. The smallest absolute Gasteiger partial charge is 0.337 e. The summed E-state index contributed by atoms with van der Waals surface area (Å²) in [5.74, 6) is -0.573. The van der Waals surface area contributed by atoms with Gasteiger partial charge in [0.15, 0.2) is 9.84 Å². The molecule has 0 radical (unpaired) electrons. The lowest BCUT2D eigenvalue weighted by Gasteiger charge is -2.13. The molecule has 0 aliphatic carbocycles. The Labute approximate surface area is 156 Å². The van der Waals surface area contributed by atoms with Crippen LogP contribution in [0.15, 0.2) is 42.7 Å². The van der Waals surface area contributed by atoms with Crippen LogP contribution in [-0.2, 0) is 14.6 Å². The number of pyridine rings is 1. The van der Waals surface area contributed by atoms with Crippen molar-refractivity contribution in [3.63, 3.8) is 0 Å². The summed E-state index contributed by atoms with van der Waals surface area (Å²) in [6.07, 6.45) is 3.51. The zero-order chi connectivity index (χ0) is 19.4. The third kappa shape index (κ3) is 4.82. The highest BCUT2D eigenvalue weighted by molar-refractivity contribution is 7.91. The van der Waals surface area contributed by atoms with Crippen molar-refractivity contribution in [2.24, 2.45) is 0 Å². The van der Waals surface area contributed by atoms with Gasteiger partial charge in [-0.15, -0.1) is 0 Å². The molecule has 1 aromatic heterocycles. The Bertz CT molecular complexity index is 957. The molecule has 0 saturated carbocycles. The van der Waals surface area contributed by atoms with Gasteiger partial charge in [0.1, 0.15) is 0 Å². The van der Waals surface area contributed by atoms with Gasteiger partial charge in [0.05, 0.1) is 35.4 Å². The van der Waals surface area contributed by atoms with Crippen molar-refractivity contribution in [3.05, 3.63) is 53.9 Å². The summed E-state index contributed by atoms with van der Waals surface area (Å²) in [4.78, 5) is 27.9. The maximum atomic E-state index is 12.4. The largest absolute Gasteiger partial charge is 0.465 e. The van der Waals surface area contributed by atoms with Gasteiger partial charge in [0, 0.05) is 24.1 Å². The highest BCUT2D eigenvalue weighted by atomic mass is 32.2. The molecule has 142 valence electrons. The maximum absolute atomic E-state index is 12.4. The minimum Gasteiger partial charge on any atom is -0.465 e. The van der Waals surface area contributed by atoms with Crippen molar-refractivity contribution in [3.8, 4) is 0 Å². The highest BCUT2D eigenvalue weighted by Crippen LogP contribution is 2.18. The number of amides is 1. The number of hydrogen-bond donors (Lipinski definition) is 2. The monoisotopic (exact) mass is 389 g/mol. The Morgan fingerprint density at radius 3 is 2.48 bits per heavy atom. The van der Waals surface area contributed by atoms with E-state index in [1.165, 1.54) is 13.3 Å². The van der Waals surface area contributed by atoms with Gasteiger partial charge >= 0.3 is 5.97 Å². The lowest BCUT2D eigenvalue weighted by Crippen LogP contribution is -2.21. The van der Waals surface area contributed by atoms with Gasteiger partial charge < -0.3 is 15.4 Å². The van der Waals surface area contributed by atoms with E-state index in [-0.39, 0.29) is 23.5 Å². The Balaban J connectivity index is 1.66. The van der Waals surface area contributed by atoms with Crippen LogP contribution in [0.3, 0.4) is 0 Å². The number of nitrogens with zero attached hydrogens (tertiary/aromatic N) is 1. The summed E-state index contributed by atoms with van der Waals surface area (Å²) >= 11 is 0. The number of ether oxygens (including phenoxy) is 1. The predicted octanol–water partition coefficient (Wildman–Crippen LogP) is 1.72. The number of carbonyl (C=O) groups excluding carboxylic acids is 2. The molecule has 0 spiro atoms. The summed E-state index contributed by atoms with van der Waals surface area (Å²) in [5, 5.41) is 5.83. The van der Waals surface area contributed by atoms with Crippen LogP contribution in [0.25, 0.3) is 0 Å². The second-order valence-corrected chi connectivity index (χ2v) is 8.46. The van der Waals surface area contributed by atoms with E-state index in [9.17, 15) is 18.0 Å². The minimum atomic E-state index is -2.99. The SMILES string of the molecule is COC(=O)c1ccc(NC(=O)c2cncc(NC3CCS(=O)(=O)C3)c2)cc1. The molecule has 1 aliphatic rings. The molecule has 1 amide bonds. The number of benzene rings is 1. The highest BCUT2D eigenvalue weighted by Gasteiger charge is 2.27. The van der Waals surface area contributed by atoms with Crippen LogP contribution in [0.1, 0.15) is 27.1 Å². The molecule has 1 saturated heterocycles. The fourth-order valence-electron chi connectivity index (χ4n) is 2.80. The molecule has 1 aromatic carbocycles. The number of anilines is 2. The van der Waals surface area contributed by atoms with E-state index in [1.807, 2.05) is 0 Å². The van der Waals surface area contributed by atoms with Gasteiger partial charge in [-0.1, -0.05) is 0 Å². The van der Waals surface area contributed by atoms with Crippen LogP contribution in [-0.4, -0.2) is 49.9 Å². The average Bonchev–Trinajstić information content (AvgIpc) is 3.00. The first-order valence-electron chi connectivity index (χ1n) is 8.28. The Morgan fingerprint density at radius 2 is 1.85 bits per heavy atom. The molecule has 2 heterocycles. The van der Waals surface area contributed by atoms with E-state index in [0.29, 0.717) is 28.9 Å². The molecule has 0 bridgehead atoms. The second-order valence-electron chi connectivity index (χ2n) is 6.23. The third-order valence-corrected chi connectivity index (χ3v) is 5.94. The Kier molecular flexibility index (Phi) is 5.41. The zero-order valence-electron chi connectivity index (χ0n) is 14.6. The maximum Gasteiger partial charge on any atom is 0.337 e. The van der Waals surface area contributed by atoms with E-state index in [4.69, 9.17) is 0 Å². The van der Waals surface area contributed by atoms with Gasteiger partial charge in [-0.05, 0) is 36.8 Å². The van der Waals surface area contributed by atoms with Gasteiger partial charge in [-0.2, -0.15) is 0 Å². The number of carbonyl (C=O) groups is 2. The molecule has 1 aliphatic heterocycles. The van der Waals surface area contributed by atoms with Crippen molar-refractivity contribution in [2.45, 2.75) is 12.5 Å². The number of rotatable bonds is 5. The van der Waals surface area contributed by atoms with Crippen molar-refractivity contribution >= 4 is 33.1 Å². The van der Waals surface area contributed by atoms with Crippen molar-refractivity contribution < 1.29 is 22.7 Å². The molecule has 2 aromatic rings. The number of hydrogen-bond acceptors (Lipinski definition) is 7. The molecule has 1 atom stereocenters. The predicted molar refractivity (Wildman–Crippen MR) is 101 cm³/mol. The normalized spacial score (nSPS) is 17.9. The van der Waals surface area contributed by atoms with Crippen molar-refractivity contribution in [1.82, 2.24) is 4.98 Å². The van der Waals surface area contributed by atoms with E-state index in [0.717, 1.165) is 0 Å². The summed E-state index contributed by atoms with van der Waals surface area (Å²) in [6.45, 7) is 0. The molecule has 2 N–H and O–H groups in total.